The molecule has 0 fully saturated rings. The van der Waals surface area contributed by atoms with Gasteiger partial charge in [-0.05, 0) is 23.6 Å². The predicted molar refractivity (Wildman–Crippen MR) is 124 cm³/mol. The zero-order chi connectivity index (χ0) is 20.8. The largest absolute Gasteiger partial charge is 0.309 e. The molecule has 0 spiro atoms. The van der Waals surface area contributed by atoms with E-state index < -0.39 is 0 Å². The zero-order valence-electron chi connectivity index (χ0n) is 16.5. The molecular weight excluding hydrogens is 380 g/mol. The fraction of sp³-hybridized carbons (Fsp3) is 0. The predicted octanol–water partition coefficient (Wildman–Crippen LogP) is 6.27. The second kappa shape index (κ2) is 6.79. The summed E-state index contributed by atoms with van der Waals surface area (Å²) in [6, 6.07) is 31.7. The molecule has 6 rings (SSSR count). The molecule has 0 bridgehead atoms. The number of nitrogens with zero attached hydrogens (tertiary/aromatic N) is 4. The molecule has 4 nitrogen and oxygen atoms in total. The first-order chi connectivity index (χ1) is 15.3. The van der Waals surface area contributed by atoms with Gasteiger partial charge in [0, 0.05) is 39.8 Å². The van der Waals surface area contributed by atoms with Crippen LogP contribution in [0.3, 0.4) is 0 Å². The van der Waals surface area contributed by atoms with Gasteiger partial charge in [0.1, 0.15) is 11.8 Å². The van der Waals surface area contributed by atoms with Crippen molar-refractivity contribution in [1.82, 2.24) is 14.5 Å². The molecule has 4 aromatic carbocycles. The molecule has 2 aromatic heterocycles. The van der Waals surface area contributed by atoms with Gasteiger partial charge in [-0.3, -0.25) is 4.98 Å². The molecule has 2 heterocycles. The SMILES string of the molecule is N#Cc1nccnc1-c1ccc(-n2c3ccccc3c3ccc4ccccc4c32)cc1. The quantitative estimate of drug-likeness (QED) is 0.347. The maximum atomic E-state index is 9.37. The van der Waals surface area contributed by atoms with Crippen LogP contribution in [0.2, 0.25) is 0 Å². The van der Waals surface area contributed by atoms with Crippen LogP contribution in [0.25, 0.3) is 49.5 Å². The Kier molecular flexibility index (Phi) is 3.81. The summed E-state index contributed by atoms with van der Waals surface area (Å²) < 4.78 is 2.32. The van der Waals surface area contributed by atoms with Crippen molar-refractivity contribution >= 4 is 32.6 Å². The fourth-order valence-electron chi connectivity index (χ4n) is 4.40. The van der Waals surface area contributed by atoms with Gasteiger partial charge in [-0.15, -0.1) is 0 Å². The highest BCUT2D eigenvalue weighted by Gasteiger charge is 2.15. The van der Waals surface area contributed by atoms with Crippen molar-refractivity contribution in [3.63, 3.8) is 0 Å². The fourth-order valence-corrected chi connectivity index (χ4v) is 4.40. The Morgan fingerprint density at radius 2 is 1.42 bits per heavy atom. The van der Waals surface area contributed by atoms with Crippen LogP contribution in [-0.4, -0.2) is 14.5 Å². The summed E-state index contributed by atoms with van der Waals surface area (Å²) in [4.78, 5) is 8.49. The lowest BCUT2D eigenvalue weighted by molar-refractivity contribution is 1.16. The second-order valence-electron chi connectivity index (χ2n) is 7.45. The molecule has 6 aromatic rings. The number of benzene rings is 4. The van der Waals surface area contributed by atoms with Gasteiger partial charge in [0.25, 0.3) is 0 Å². The van der Waals surface area contributed by atoms with Gasteiger partial charge in [0.15, 0.2) is 5.69 Å². The molecule has 0 saturated heterocycles. The summed E-state index contributed by atoms with van der Waals surface area (Å²) in [6.07, 6.45) is 3.16. The monoisotopic (exact) mass is 396 g/mol. The van der Waals surface area contributed by atoms with Crippen LogP contribution < -0.4 is 0 Å². The molecular formula is C27H16N4. The summed E-state index contributed by atoms with van der Waals surface area (Å²) >= 11 is 0. The maximum absolute atomic E-state index is 9.37. The third kappa shape index (κ3) is 2.61. The first-order valence-corrected chi connectivity index (χ1v) is 10.1. The summed E-state index contributed by atoms with van der Waals surface area (Å²) in [5.74, 6) is 0. The van der Waals surface area contributed by atoms with Crippen molar-refractivity contribution in [3.8, 4) is 23.0 Å². The molecule has 0 saturated carbocycles. The molecule has 0 N–H and O–H groups in total. The van der Waals surface area contributed by atoms with E-state index in [1.54, 1.807) is 12.4 Å². The van der Waals surface area contributed by atoms with Crippen molar-refractivity contribution in [2.75, 3.05) is 0 Å². The lowest BCUT2D eigenvalue weighted by atomic mass is 10.1. The number of nitriles is 1. The Morgan fingerprint density at radius 3 is 2.26 bits per heavy atom. The van der Waals surface area contributed by atoms with Gasteiger partial charge >= 0.3 is 0 Å². The first kappa shape index (κ1) is 17.4. The number of hydrogen-bond acceptors (Lipinski definition) is 3. The van der Waals surface area contributed by atoms with Crippen LogP contribution >= 0.6 is 0 Å². The number of aromatic nitrogens is 3. The molecule has 0 aliphatic carbocycles. The molecule has 0 amide bonds. The highest BCUT2D eigenvalue weighted by Crippen LogP contribution is 2.36. The average molecular weight is 396 g/mol. The minimum Gasteiger partial charge on any atom is -0.309 e. The Labute approximate surface area is 178 Å². The highest BCUT2D eigenvalue weighted by atomic mass is 15.0. The molecule has 0 unspecified atom stereocenters. The number of hydrogen-bond donors (Lipinski definition) is 0. The normalized spacial score (nSPS) is 11.2. The van der Waals surface area contributed by atoms with Gasteiger partial charge in [-0.2, -0.15) is 5.26 Å². The number of para-hydroxylation sites is 1. The van der Waals surface area contributed by atoms with Gasteiger partial charge in [0.2, 0.25) is 0 Å². The Bertz CT molecular complexity index is 1640. The third-order valence-electron chi connectivity index (χ3n) is 5.76. The lowest BCUT2D eigenvalue weighted by Crippen LogP contribution is -1.96. The minimum atomic E-state index is 0.332. The Hall–Kier alpha value is -4.49. The third-order valence-corrected chi connectivity index (χ3v) is 5.76. The van der Waals surface area contributed by atoms with Crippen LogP contribution in [0.4, 0.5) is 0 Å². The van der Waals surface area contributed by atoms with Crippen molar-refractivity contribution in [3.05, 3.63) is 103 Å². The van der Waals surface area contributed by atoms with E-state index in [2.05, 4.69) is 93.4 Å². The van der Waals surface area contributed by atoms with Gasteiger partial charge in [-0.1, -0.05) is 66.7 Å². The molecule has 31 heavy (non-hydrogen) atoms. The van der Waals surface area contributed by atoms with Crippen molar-refractivity contribution in [2.24, 2.45) is 0 Å². The Morgan fingerprint density at radius 1 is 0.677 bits per heavy atom. The van der Waals surface area contributed by atoms with Gasteiger partial charge in [0.05, 0.1) is 11.0 Å². The lowest BCUT2D eigenvalue weighted by Gasteiger charge is -2.11. The van der Waals surface area contributed by atoms with E-state index in [0.717, 1.165) is 11.3 Å². The maximum Gasteiger partial charge on any atom is 0.166 e. The number of rotatable bonds is 2. The molecule has 0 radical (unpaired) electrons. The summed E-state index contributed by atoms with van der Waals surface area (Å²) in [6.45, 7) is 0. The van der Waals surface area contributed by atoms with E-state index in [9.17, 15) is 5.26 Å². The Balaban J connectivity index is 1.64. The van der Waals surface area contributed by atoms with Crippen LogP contribution in [-0.2, 0) is 0 Å². The first-order valence-electron chi connectivity index (χ1n) is 10.1. The van der Waals surface area contributed by atoms with Crippen LogP contribution in [0, 0.1) is 11.3 Å². The van der Waals surface area contributed by atoms with E-state index in [4.69, 9.17) is 0 Å². The van der Waals surface area contributed by atoms with E-state index >= 15 is 0 Å². The second-order valence-corrected chi connectivity index (χ2v) is 7.45. The van der Waals surface area contributed by atoms with Crippen molar-refractivity contribution in [2.45, 2.75) is 0 Å². The average Bonchev–Trinajstić information content (AvgIpc) is 3.19. The van der Waals surface area contributed by atoms with Crippen molar-refractivity contribution in [1.29, 1.82) is 5.26 Å². The summed E-state index contributed by atoms with van der Waals surface area (Å²) in [7, 11) is 0. The molecule has 0 aliphatic rings. The smallest absolute Gasteiger partial charge is 0.166 e. The molecule has 0 atom stereocenters. The van der Waals surface area contributed by atoms with Gasteiger partial charge in [-0.25, -0.2) is 4.98 Å². The molecule has 144 valence electrons. The number of fused-ring (bicyclic) bond motifs is 5. The highest BCUT2D eigenvalue weighted by molar-refractivity contribution is 6.18. The van der Waals surface area contributed by atoms with Crippen molar-refractivity contribution < 1.29 is 0 Å². The summed E-state index contributed by atoms with van der Waals surface area (Å²) in [5, 5.41) is 14.3. The van der Waals surface area contributed by atoms with E-state index in [1.165, 1.54) is 32.6 Å². The topological polar surface area (TPSA) is 54.5 Å². The van der Waals surface area contributed by atoms with Crippen LogP contribution in [0.5, 0.6) is 0 Å². The van der Waals surface area contributed by atoms with E-state index in [-0.39, 0.29) is 0 Å². The van der Waals surface area contributed by atoms with Crippen LogP contribution in [0.1, 0.15) is 5.69 Å². The van der Waals surface area contributed by atoms with Gasteiger partial charge < -0.3 is 4.57 Å². The molecule has 0 aliphatic heterocycles. The molecule has 4 heteroatoms. The summed E-state index contributed by atoms with van der Waals surface area (Å²) in [5.41, 5.74) is 5.23. The van der Waals surface area contributed by atoms with E-state index in [0.29, 0.717) is 11.4 Å². The zero-order valence-corrected chi connectivity index (χ0v) is 16.5. The van der Waals surface area contributed by atoms with Crippen LogP contribution in [0.15, 0.2) is 97.3 Å². The minimum absolute atomic E-state index is 0.332. The standard InChI is InChI=1S/C27H16N4/c28-17-24-26(30-16-15-29-24)19-9-12-20(13-10-19)31-25-8-4-3-7-22(25)23-14-11-18-5-1-2-6-21(18)27(23)31/h1-16H. The van der Waals surface area contributed by atoms with E-state index in [1.807, 2.05) is 12.1 Å².